The van der Waals surface area contributed by atoms with Crippen molar-refractivity contribution in [3.63, 3.8) is 0 Å². The Morgan fingerprint density at radius 3 is 2.44 bits per heavy atom. The van der Waals surface area contributed by atoms with E-state index in [9.17, 15) is 24.6 Å². The highest BCUT2D eigenvalue weighted by Gasteiger charge is 2.53. The van der Waals surface area contributed by atoms with Gasteiger partial charge in [-0.05, 0) is 48.4 Å². The van der Waals surface area contributed by atoms with Gasteiger partial charge in [0.2, 0.25) is 0 Å². The number of hydrogen-bond donors (Lipinski definition) is 1. The van der Waals surface area contributed by atoms with Crippen molar-refractivity contribution in [3.8, 4) is 18.2 Å². The van der Waals surface area contributed by atoms with E-state index in [0.29, 0.717) is 17.6 Å². The van der Waals surface area contributed by atoms with Crippen LogP contribution in [0.5, 0.6) is 0 Å². The van der Waals surface area contributed by atoms with Crippen LogP contribution in [0, 0.1) is 57.0 Å². The van der Waals surface area contributed by atoms with Crippen molar-refractivity contribution in [2.24, 2.45) is 17.1 Å². The largest absolute Gasteiger partial charge is 0.399 e. The predicted octanol–water partition coefficient (Wildman–Crippen LogP) is 3.56. The fraction of sp³-hybridized carbons (Fsp3) is 0.316. The van der Waals surface area contributed by atoms with E-state index in [1.54, 1.807) is 0 Å². The summed E-state index contributed by atoms with van der Waals surface area (Å²) in [5.41, 5.74) is 5.38. The lowest BCUT2D eigenvalue weighted by Crippen LogP contribution is -2.42. The van der Waals surface area contributed by atoms with Crippen molar-refractivity contribution >= 4 is 0 Å². The minimum atomic E-state index is -1.80. The fourth-order valence-electron chi connectivity index (χ4n) is 3.96. The van der Waals surface area contributed by atoms with Crippen molar-refractivity contribution in [2.75, 3.05) is 0 Å². The molecule has 25 heavy (non-hydrogen) atoms. The third kappa shape index (κ3) is 2.29. The average molecular weight is 336 g/mol. The summed E-state index contributed by atoms with van der Waals surface area (Å²) in [6.45, 7) is 0. The highest BCUT2D eigenvalue weighted by Crippen LogP contribution is 2.55. The molecule has 0 radical (unpaired) electrons. The van der Waals surface area contributed by atoms with Gasteiger partial charge in [-0.1, -0.05) is 12.1 Å². The SMILES string of the molecule is N#CC1=C(N)C(C#N)(C#N)[C@H](c2ccc(F)c(F)c2)[C@H]2CCCC=C12. The first-order valence-electron chi connectivity index (χ1n) is 7.88. The Bertz CT molecular complexity index is 910. The van der Waals surface area contributed by atoms with E-state index in [1.165, 1.54) is 6.07 Å². The van der Waals surface area contributed by atoms with Crippen LogP contribution in [0.15, 0.2) is 41.1 Å². The molecule has 0 aliphatic heterocycles. The molecule has 2 aliphatic rings. The summed E-state index contributed by atoms with van der Waals surface area (Å²) in [6.07, 6.45) is 4.12. The lowest BCUT2D eigenvalue weighted by molar-refractivity contribution is 0.316. The topological polar surface area (TPSA) is 97.4 Å². The van der Waals surface area contributed by atoms with E-state index in [0.717, 1.165) is 25.0 Å². The van der Waals surface area contributed by atoms with E-state index in [2.05, 4.69) is 0 Å². The van der Waals surface area contributed by atoms with Crippen LogP contribution in [-0.4, -0.2) is 0 Å². The summed E-state index contributed by atoms with van der Waals surface area (Å²) in [5, 5.41) is 29.1. The third-order valence-electron chi connectivity index (χ3n) is 5.10. The number of nitrogens with zero attached hydrogens (tertiary/aromatic N) is 3. The maximum atomic E-state index is 13.8. The summed E-state index contributed by atoms with van der Waals surface area (Å²) in [5.74, 6) is -3.13. The Kier molecular flexibility index (Phi) is 4.03. The summed E-state index contributed by atoms with van der Waals surface area (Å²) in [6, 6.07) is 9.31. The maximum Gasteiger partial charge on any atom is 0.191 e. The van der Waals surface area contributed by atoms with Crippen LogP contribution in [-0.2, 0) is 0 Å². The van der Waals surface area contributed by atoms with Gasteiger partial charge in [-0.25, -0.2) is 8.78 Å². The minimum Gasteiger partial charge on any atom is -0.399 e. The Morgan fingerprint density at radius 1 is 1.12 bits per heavy atom. The normalized spacial score (nSPS) is 24.4. The Balaban J connectivity index is 2.33. The molecule has 0 spiro atoms. The molecule has 0 aromatic heterocycles. The van der Waals surface area contributed by atoms with Crippen molar-refractivity contribution in [1.82, 2.24) is 0 Å². The number of hydrogen-bond acceptors (Lipinski definition) is 4. The van der Waals surface area contributed by atoms with E-state index in [-0.39, 0.29) is 17.2 Å². The Hall–Kier alpha value is -3.17. The van der Waals surface area contributed by atoms with Crippen molar-refractivity contribution in [2.45, 2.75) is 25.2 Å². The van der Waals surface area contributed by atoms with Crippen molar-refractivity contribution in [1.29, 1.82) is 15.8 Å². The molecule has 3 rings (SSSR count). The highest BCUT2D eigenvalue weighted by atomic mass is 19.2. The molecule has 0 saturated heterocycles. The number of rotatable bonds is 1. The number of allylic oxidation sites excluding steroid dienone is 4. The van der Waals surface area contributed by atoms with Crippen LogP contribution in [0.2, 0.25) is 0 Å². The van der Waals surface area contributed by atoms with Gasteiger partial charge in [0.25, 0.3) is 0 Å². The first kappa shape index (κ1) is 16.7. The molecule has 0 unspecified atom stereocenters. The highest BCUT2D eigenvalue weighted by molar-refractivity contribution is 5.59. The quantitative estimate of drug-likeness (QED) is 0.848. The molecule has 2 atom stereocenters. The molecule has 6 heteroatoms. The Morgan fingerprint density at radius 2 is 1.84 bits per heavy atom. The van der Waals surface area contributed by atoms with E-state index < -0.39 is 23.0 Å². The van der Waals surface area contributed by atoms with Gasteiger partial charge in [-0.2, -0.15) is 15.8 Å². The van der Waals surface area contributed by atoms with E-state index in [1.807, 2.05) is 24.3 Å². The Labute approximate surface area is 144 Å². The first-order valence-corrected chi connectivity index (χ1v) is 7.88. The van der Waals surface area contributed by atoms with Crippen molar-refractivity contribution < 1.29 is 8.78 Å². The van der Waals surface area contributed by atoms with Gasteiger partial charge in [-0.15, -0.1) is 0 Å². The summed E-state index contributed by atoms with van der Waals surface area (Å²) >= 11 is 0. The third-order valence-corrected chi connectivity index (χ3v) is 5.10. The molecule has 0 bridgehead atoms. The second kappa shape index (κ2) is 6.04. The monoisotopic (exact) mass is 336 g/mol. The average Bonchev–Trinajstić information content (AvgIpc) is 2.63. The zero-order chi connectivity index (χ0) is 18.2. The predicted molar refractivity (Wildman–Crippen MR) is 85.0 cm³/mol. The molecule has 0 amide bonds. The zero-order valence-electron chi connectivity index (χ0n) is 13.3. The van der Waals surface area contributed by atoms with Crippen LogP contribution < -0.4 is 5.73 Å². The number of nitrogens with two attached hydrogens (primary N) is 1. The van der Waals surface area contributed by atoms with Gasteiger partial charge in [0.15, 0.2) is 17.0 Å². The lowest BCUT2D eigenvalue weighted by Gasteiger charge is -2.43. The fourth-order valence-corrected chi connectivity index (χ4v) is 3.96. The number of benzene rings is 1. The van der Waals surface area contributed by atoms with Gasteiger partial charge >= 0.3 is 0 Å². The van der Waals surface area contributed by atoms with E-state index in [4.69, 9.17) is 5.73 Å². The molecular weight excluding hydrogens is 322 g/mol. The van der Waals surface area contributed by atoms with Crippen LogP contribution in [0.4, 0.5) is 8.78 Å². The second-order valence-corrected chi connectivity index (χ2v) is 6.28. The lowest BCUT2D eigenvalue weighted by atomic mass is 9.57. The number of nitriles is 3. The molecule has 1 aromatic carbocycles. The number of fused-ring (bicyclic) bond motifs is 1. The van der Waals surface area contributed by atoms with Gasteiger partial charge in [0, 0.05) is 5.92 Å². The molecule has 0 saturated carbocycles. The van der Waals surface area contributed by atoms with Crippen molar-refractivity contribution in [3.05, 3.63) is 58.3 Å². The zero-order valence-corrected chi connectivity index (χ0v) is 13.3. The number of halogens is 2. The molecule has 124 valence electrons. The van der Waals surface area contributed by atoms with Crippen LogP contribution >= 0.6 is 0 Å². The van der Waals surface area contributed by atoms with Gasteiger partial charge in [0.05, 0.1) is 23.4 Å². The standard InChI is InChI=1S/C19H14F2N4/c20-15-6-5-11(7-16(15)21)17-13-4-2-1-3-12(13)14(8-22)18(25)19(17,9-23)10-24/h3,5-7,13,17H,1-2,4,25H2/t13-,17+/m0/s1. The molecular formula is C19H14F2N4. The van der Waals surface area contributed by atoms with Gasteiger partial charge in [0.1, 0.15) is 6.07 Å². The van der Waals surface area contributed by atoms with E-state index >= 15 is 0 Å². The van der Waals surface area contributed by atoms with Crippen LogP contribution in [0.3, 0.4) is 0 Å². The summed E-state index contributed by atoms with van der Waals surface area (Å²) in [7, 11) is 0. The molecule has 1 aromatic rings. The van der Waals surface area contributed by atoms with Crippen LogP contribution in [0.1, 0.15) is 30.7 Å². The molecule has 2 N–H and O–H groups in total. The first-order chi connectivity index (χ1) is 12.0. The smallest absolute Gasteiger partial charge is 0.191 e. The van der Waals surface area contributed by atoms with Gasteiger partial charge in [-0.3, -0.25) is 0 Å². The molecule has 4 nitrogen and oxygen atoms in total. The minimum absolute atomic E-state index is 0.112. The summed E-state index contributed by atoms with van der Waals surface area (Å²) < 4.78 is 27.2. The molecule has 2 aliphatic carbocycles. The van der Waals surface area contributed by atoms with Gasteiger partial charge < -0.3 is 5.73 Å². The molecule has 0 fully saturated rings. The molecule has 0 heterocycles. The van der Waals surface area contributed by atoms with Crippen LogP contribution in [0.25, 0.3) is 0 Å². The maximum absolute atomic E-state index is 13.8. The second-order valence-electron chi connectivity index (χ2n) is 6.28. The summed E-state index contributed by atoms with van der Waals surface area (Å²) in [4.78, 5) is 0.